The predicted octanol–water partition coefficient (Wildman–Crippen LogP) is 2.87. The number of ketones is 1. The van der Waals surface area contributed by atoms with Gasteiger partial charge in [0.05, 0.1) is 52.8 Å². The van der Waals surface area contributed by atoms with Crippen LogP contribution < -0.4 is 18.9 Å². The van der Waals surface area contributed by atoms with Gasteiger partial charge in [-0.2, -0.15) is 0 Å². The van der Waals surface area contributed by atoms with E-state index in [1.54, 1.807) is 36.4 Å². The standard InChI is InChI=1S/C28H34N2O8/c1-5-38-20-8-6-7-18(15-20)25(31)23-24(19-16-21(34-2)27(36-4)22(17-19)35-3)30(28(33)26(23)32)10-9-29-11-13-37-14-12-29/h6-8,15-17,24,31H,5,9-14H2,1-4H3/b25-23+. The average Bonchev–Trinajstić information content (AvgIpc) is 3.20. The summed E-state index contributed by atoms with van der Waals surface area (Å²) in [6, 6.07) is 9.33. The van der Waals surface area contributed by atoms with Crippen LogP contribution in [0.15, 0.2) is 42.0 Å². The third-order valence-corrected chi connectivity index (χ3v) is 6.72. The van der Waals surface area contributed by atoms with Gasteiger partial charge in [0, 0.05) is 31.7 Å². The van der Waals surface area contributed by atoms with E-state index in [1.165, 1.54) is 26.2 Å². The summed E-state index contributed by atoms with van der Waals surface area (Å²) in [5, 5.41) is 11.4. The molecule has 2 aromatic carbocycles. The zero-order valence-corrected chi connectivity index (χ0v) is 22.2. The number of nitrogens with zero attached hydrogens (tertiary/aromatic N) is 2. The van der Waals surface area contributed by atoms with Crippen molar-refractivity contribution in [2.45, 2.75) is 13.0 Å². The first-order valence-electron chi connectivity index (χ1n) is 12.5. The second-order valence-corrected chi connectivity index (χ2v) is 8.87. The van der Waals surface area contributed by atoms with E-state index in [9.17, 15) is 14.7 Å². The lowest BCUT2D eigenvalue weighted by Gasteiger charge is -2.31. The highest BCUT2D eigenvalue weighted by Gasteiger charge is 2.46. The highest BCUT2D eigenvalue weighted by molar-refractivity contribution is 6.46. The molecule has 0 aliphatic carbocycles. The summed E-state index contributed by atoms with van der Waals surface area (Å²) in [6.45, 7) is 5.85. The fourth-order valence-corrected chi connectivity index (χ4v) is 4.85. The largest absolute Gasteiger partial charge is 0.507 e. The van der Waals surface area contributed by atoms with Gasteiger partial charge >= 0.3 is 0 Å². The summed E-state index contributed by atoms with van der Waals surface area (Å²) in [5.74, 6) is -0.0455. The normalized spacial score (nSPS) is 19.5. The van der Waals surface area contributed by atoms with E-state index in [1.807, 2.05) is 6.92 Å². The van der Waals surface area contributed by atoms with Crippen molar-refractivity contribution in [3.8, 4) is 23.0 Å². The number of carbonyl (C=O) groups excluding carboxylic acids is 2. The summed E-state index contributed by atoms with van der Waals surface area (Å²) in [4.78, 5) is 30.5. The van der Waals surface area contributed by atoms with Crippen LogP contribution in [-0.4, -0.2) is 93.9 Å². The highest BCUT2D eigenvalue weighted by atomic mass is 16.5. The molecule has 2 aliphatic heterocycles. The molecule has 1 atom stereocenters. The summed E-state index contributed by atoms with van der Waals surface area (Å²) in [6.07, 6.45) is 0. The van der Waals surface area contributed by atoms with Crippen molar-refractivity contribution in [3.63, 3.8) is 0 Å². The van der Waals surface area contributed by atoms with E-state index in [0.29, 0.717) is 60.5 Å². The number of aliphatic hydroxyl groups excluding tert-OH is 1. The summed E-state index contributed by atoms with van der Waals surface area (Å²) in [5.41, 5.74) is 0.905. The SMILES string of the molecule is CCOc1cccc(/C(O)=C2\C(=O)C(=O)N(CCN3CCOCC3)C2c2cc(OC)c(OC)c(OC)c2)c1. The number of methoxy groups -OCH3 is 3. The lowest BCUT2D eigenvalue weighted by molar-refractivity contribution is -0.140. The minimum Gasteiger partial charge on any atom is -0.507 e. The molecule has 10 heteroatoms. The maximum absolute atomic E-state index is 13.4. The molecule has 10 nitrogen and oxygen atoms in total. The topological polar surface area (TPSA) is 107 Å². The Morgan fingerprint density at radius 2 is 1.68 bits per heavy atom. The third kappa shape index (κ3) is 5.41. The van der Waals surface area contributed by atoms with Crippen molar-refractivity contribution in [2.75, 3.05) is 67.3 Å². The van der Waals surface area contributed by atoms with E-state index in [4.69, 9.17) is 23.7 Å². The molecule has 2 aliphatic rings. The van der Waals surface area contributed by atoms with E-state index in [0.717, 1.165) is 13.1 Å². The van der Waals surface area contributed by atoms with Gasteiger partial charge in [0.2, 0.25) is 5.75 Å². The summed E-state index contributed by atoms with van der Waals surface area (Å²) in [7, 11) is 4.49. The van der Waals surface area contributed by atoms with E-state index in [2.05, 4.69) is 4.90 Å². The number of likely N-dealkylation sites (tertiary alicyclic amines) is 1. The molecule has 1 amide bonds. The van der Waals surface area contributed by atoms with Crippen LogP contribution in [0.5, 0.6) is 23.0 Å². The van der Waals surface area contributed by atoms with Gasteiger partial charge in [0.15, 0.2) is 11.5 Å². The quantitative estimate of drug-likeness (QED) is 0.284. The smallest absolute Gasteiger partial charge is 0.295 e. The Morgan fingerprint density at radius 1 is 1.00 bits per heavy atom. The number of ether oxygens (including phenoxy) is 5. The number of amides is 1. The Bertz CT molecular complexity index is 1180. The molecule has 38 heavy (non-hydrogen) atoms. The van der Waals surface area contributed by atoms with Gasteiger partial charge in [-0.25, -0.2) is 0 Å². The molecule has 4 rings (SSSR count). The second kappa shape index (κ2) is 12.2. The molecular weight excluding hydrogens is 492 g/mol. The molecule has 0 radical (unpaired) electrons. The molecule has 2 saturated heterocycles. The molecule has 0 aromatic heterocycles. The molecule has 2 fully saturated rings. The van der Waals surface area contributed by atoms with E-state index < -0.39 is 17.7 Å². The zero-order chi connectivity index (χ0) is 27.2. The molecule has 1 unspecified atom stereocenters. The molecule has 0 saturated carbocycles. The maximum Gasteiger partial charge on any atom is 0.295 e. The number of Topliss-reactive ketones (excluding diaryl/α,β-unsaturated/α-hetero) is 1. The van der Waals surface area contributed by atoms with Crippen LogP contribution in [0.3, 0.4) is 0 Å². The number of benzene rings is 2. The Kier molecular flexibility index (Phi) is 8.75. The van der Waals surface area contributed by atoms with Crippen LogP contribution >= 0.6 is 0 Å². The maximum atomic E-state index is 13.4. The van der Waals surface area contributed by atoms with Crippen LogP contribution in [0.25, 0.3) is 5.76 Å². The van der Waals surface area contributed by atoms with Gasteiger partial charge in [0.1, 0.15) is 11.5 Å². The number of hydrogen-bond acceptors (Lipinski definition) is 9. The van der Waals surface area contributed by atoms with Gasteiger partial charge in [0.25, 0.3) is 11.7 Å². The number of rotatable bonds is 10. The molecule has 1 N–H and O–H groups in total. The van der Waals surface area contributed by atoms with Gasteiger partial charge < -0.3 is 33.7 Å². The van der Waals surface area contributed by atoms with Crippen LogP contribution in [0.1, 0.15) is 24.1 Å². The number of carbonyl (C=O) groups is 2. The van der Waals surface area contributed by atoms with Gasteiger partial charge in [-0.1, -0.05) is 12.1 Å². The molecule has 2 aromatic rings. The Hall–Kier alpha value is -3.76. The molecular formula is C28H34N2O8. The monoisotopic (exact) mass is 526 g/mol. The fourth-order valence-electron chi connectivity index (χ4n) is 4.85. The number of aliphatic hydroxyl groups is 1. The Balaban J connectivity index is 1.84. The van der Waals surface area contributed by atoms with E-state index >= 15 is 0 Å². The van der Waals surface area contributed by atoms with Crippen molar-refractivity contribution in [1.82, 2.24) is 9.80 Å². The van der Waals surface area contributed by atoms with Crippen molar-refractivity contribution in [3.05, 3.63) is 53.1 Å². The Labute approximate surface area is 222 Å². The molecule has 0 bridgehead atoms. The van der Waals surface area contributed by atoms with Gasteiger partial charge in [-0.05, 0) is 36.8 Å². The van der Waals surface area contributed by atoms with Crippen molar-refractivity contribution < 1.29 is 38.4 Å². The summed E-state index contributed by atoms with van der Waals surface area (Å²) >= 11 is 0. The van der Waals surface area contributed by atoms with Crippen LogP contribution in [0.4, 0.5) is 0 Å². The molecule has 2 heterocycles. The lowest BCUT2D eigenvalue weighted by atomic mass is 9.94. The Morgan fingerprint density at radius 3 is 2.29 bits per heavy atom. The van der Waals surface area contributed by atoms with Gasteiger partial charge in [-0.15, -0.1) is 0 Å². The van der Waals surface area contributed by atoms with Crippen LogP contribution in [0.2, 0.25) is 0 Å². The lowest BCUT2D eigenvalue weighted by Crippen LogP contribution is -2.42. The van der Waals surface area contributed by atoms with Crippen LogP contribution in [-0.2, 0) is 14.3 Å². The minimum atomic E-state index is -0.875. The zero-order valence-electron chi connectivity index (χ0n) is 22.2. The van der Waals surface area contributed by atoms with Crippen LogP contribution in [0, 0.1) is 0 Å². The first-order valence-corrected chi connectivity index (χ1v) is 12.5. The number of morpholine rings is 1. The highest BCUT2D eigenvalue weighted by Crippen LogP contribution is 2.45. The fraction of sp³-hybridized carbons (Fsp3) is 0.429. The second-order valence-electron chi connectivity index (χ2n) is 8.87. The van der Waals surface area contributed by atoms with Crippen molar-refractivity contribution in [1.29, 1.82) is 0 Å². The number of hydrogen-bond donors (Lipinski definition) is 1. The first-order chi connectivity index (χ1) is 18.4. The van der Waals surface area contributed by atoms with Gasteiger partial charge in [-0.3, -0.25) is 14.5 Å². The predicted molar refractivity (Wildman–Crippen MR) is 140 cm³/mol. The van der Waals surface area contributed by atoms with Crippen molar-refractivity contribution in [2.24, 2.45) is 0 Å². The van der Waals surface area contributed by atoms with Crippen molar-refractivity contribution >= 4 is 17.4 Å². The summed E-state index contributed by atoms with van der Waals surface area (Å²) < 4.78 is 27.5. The molecule has 204 valence electrons. The first kappa shape index (κ1) is 27.3. The third-order valence-electron chi connectivity index (χ3n) is 6.72. The van der Waals surface area contributed by atoms with E-state index in [-0.39, 0.29) is 17.9 Å². The average molecular weight is 527 g/mol. The molecule has 0 spiro atoms. The minimum absolute atomic E-state index is 0.0140.